The van der Waals surface area contributed by atoms with Crippen molar-refractivity contribution in [3.63, 3.8) is 0 Å². The van der Waals surface area contributed by atoms with Gasteiger partial charge in [-0.05, 0) is 33.1 Å². The molecule has 0 bridgehead atoms. The van der Waals surface area contributed by atoms with E-state index in [1.807, 2.05) is 19.9 Å². The molecule has 1 saturated heterocycles. The summed E-state index contributed by atoms with van der Waals surface area (Å²) in [5.74, 6) is 0. The Morgan fingerprint density at radius 2 is 2.42 bits per heavy atom. The van der Waals surface area contributed by atoms with E-state index in [9.17, 15) is 5.11 Å². The highest BCUT2D eigenvalue weighted by molar-refractivity contribution is 5.18. The second-order valence-corrected chi connectivity index (χ2v) is 4.14. The van der Waals surface area contributed by atoms with Crippen molar-refractivity contribution in [1.82, 2.24) is 0 Å². The van der Waals surface area contributed by atoms with E-state index in [1.54, 1.807) is 0 Å². The standard InChI is InChI=1S/C10H16O2/c1-7(2)6-8(11)10-5-3-4-9(10)12-10/h6,8-9,11H,3-5H2,1-2H3/t8-,9-,10-/m0/s1. The highest BCUT2D eigenvalue weighted by atomic mass is 16.6. The van der Waals surface area contributed by atoms with Crippen LogP contribution in [0.1, 0.15) is 33.1 Å². The lowest BCUT2D eigenvalue weighted by Crippen LogP contribution is -2.27. The lowest BCUT2D eigenvalue weighted by Gasteiger charge is -2.13. The SMILES string of the molecule is CC(C)=C[C@H](O)[C@@]12CCC[C@@H]1O2. The third-order valence-electron chi connectivity index (χ3n) is 2.88. The van der Waals surface area contributed by atoms with E-state index < -0.39 is 0 Å². The smallest absolute Gasteiger partial charge is 0.124 e. The number of ether oxygens (including phenoxy) is 1. The van der Waals surface area contributed by atoms with Gasteiger partial charge in [-0.15, -0.1) is 0 Å². The first kappa shape index (κ1) is 8.27. The van der Waals surface area contributed by atoms with Crippen molar-refractivity contribution in [2.75, 3.05) is 0 Å². The monoisotopic (exact) mass is 168 g/mol. The molecule has 2 fully saturated rings. The number of rotatable bonds is 2. The molecular formula is C10H16O2. The molecule has 0 radical (unpaired) electrons. The van der Waals surface area contributed by atoms with Crippen LogP contribution in [0, 0.1) is 0 Å². The summed E-state index contributed by atoms with van der Waals surface area (Å²) in [6, 6.07) is 0. The Labute approximate surface area is 73.2 Å². The van der Waals surface area contributed by atoms with E-state index in [0.717, 1.165) is 18.4 Å². The van der Waals surface area contributed by atoms with Gasteiger partial charge in [0.15, 0.2) is 0 Å². The van der Waals surface area contributed by atoms with Gasteiger partial charge >= 0.3 is 0 Å². The van der Waals surface area contributed by atoms with E-state index >= 15 is 0 Å². The number of epoxide rings is 1. The summed E-state index contributed by atoms with van der Waals surface area (Å²) in [6.45, 7) is 4.01. The average molecular weight is 168 g/mol. The molecule has 12 heavy (non-hydrogen) atoms. The van der Waals surface area contributed by atoms with E-state index in [-0.39, 0.29) is 11.7 Å². The topological polar surface area (TPSA) is 32.8 Å². The summed E-state index contributed by atoms with van der Waals surface area (Å²) in [5, 5.41) is 9.82. The van der Waals surface area contributed by atoms with E-state index in [1.165, 1.54) is 6.42 Å². The van der Waals surface area contributed by atoms with Crippen LogP contribution < -0.4 is 0 Å². The first-order valence-electron chi connectivity index (χ1n) is 4.66. The molecule has 0 aromatic rings. The minimum Gasteiger partial charge on any atom is -0.386 e. The molecule has 3 atom stereocenters. The van der Waals surface area contributed by atoms with E-state index in [0.29, 0.717) is 6.10 Å². The molecule has 0 unspecified atom stereocenters. The van der Waals surface area contributed by atoms with Gasteiger partial charge in [-0.25, -0.2) is 0 Å². The molecule has 1 aliphatic heterocycles. The molecule has 0 aromatic carbocycles. The minimum absolute atomic E-state index is 0.169. The van der Waals surface area contributed by atoms with Crippen molar-refractivity contribution in [3.05, 3.63) is 11.6 Å². The van der Waals surface area contributed by atoms with Crippen LogP contribution in [-0.4, -0.2) is 22.9 Å². The summed E-state index contributed by atoms with van der Waals surface area (Å²) in [7, 11) is 0. The van der Waals surface area contributed by atoms with Gasteiger partial charge in [0.2, 0.25) is 0 Å². The zero-order valence-electron chi connectivity index (χ0n) is 7.71. The Hall–Kier alpha value is -0.340. The number of allylic oxidation sites excluding steroid dienone is 1. The average Bonchev–Trinajstić information content (AvgIpc) is 2.55. The lowest BCUT2D eigenvalue weighted by atomic mass is 9.98. The van der Waals surface area contributed by atoms with Crippen molar-refractivity contribution in [2.45, 2.75) is 50.9 Å². The molecule has 1 aliphatic carbocycles. The summed E-state index contributed by atoms with van der Waals surface area (Å²) in [5.41, 5.74) is 0.995. The molecule has 0 amide bonds. The molecule has 0 spiro atoms. The molecule has 1 N–H and O–H groups in total. The van der Waals surface area contributed by atoms with Crippen LogP contribution in [0.4, 0.5) is 0 Å². The van der Waals surface area contributed by atoms with Crippen LogP contribution in [-0.2, 0) is 4.74 Å². The highest BCUT2D eigenvalue weighted by Gasteiger charge is 2.62. The Kier molecular flexibility index (Phi) is 1.77. The second kappa shape index (κ2) is 2.57. The van der Waals surface area contributed by atoms with Crippen molar-refractivity contribution >= 4 is 0 Å². The van der Waals surface area contributed by atoms with Crippen LogP contribution in [0.25, 0.3) is 0 Å². The van der Waals surface area contributed by atoms with Gasteiger partial charge in [-0.3, -0.25) is 0 Å². The van der Waals surface area contributed by atoms with Crippen LogP contribution in [0.3, 0.4) is 0 Å². The summed E-state index contributed by atoms with van der Waals surface area (Å²) in [6.07, 6.45) is 5.25. The third kappa shape index (κ3) is 1.10. The molecule has 2 aliphatic rings. The van der Waals surface area contributed by atoms with Gasteiger partial charge in [0.05, 0.1) is 6.10 Å². The molecule has 2 rings (SSSR count). The highest BCUT2D eigenvalue weighted by Crippen LogP contribution is 2.52. The normalized spacial score (nSPS) is 40.4. The predicted molar refractivity (Wildman–Crippen MR) is 46.9 cm³/mol. The molecular weight excluding hydrogens is 152 g/mol. The van der Waals surface area contributed by atoms with Crippen molar-refractivity contribution < 1.29 is 9.84 Å². The first-order valence-corrected chi connectivity index (χ1v) is 4.66. The second-order valence-electron chi connectivity index (χ2n) is 4.14. The Morgan fingerprint density at radius 3 is 2.83 bits per heavy atom. The molecule has 2 heteroatoms. The number of fused-ring (bicyclic) bond motifs is 1. The summed E-state index contributed by atoms with van der Waals surface area (Å²) >= 11 is 0. The molecule has 0 aromatic heterocycles. The van der Waals surface area contributed by atoms with Crippen LogP contribution in [0.2, 0.25) is 0 Å². The van der Waals surface area contributed by atoms with Gasteiger partial charge < -0.3 is 9.84 Å². The zero-order valence-corrected chi connectivity index (χ0v) is 7.71. The quantitative estimate of drug-likeness (QED) is 0.502. The molecule has 68 valence electrons. The molecule has 1 saturated carbocycles. The van der Waals surface area contributed by atoms with Gasteiger partial charge in [-0.2, -0.15) is 0 Å². The van der Waals surface area contributed by atoms with Crippen molar-refractivity contribution in [3.8, 4) is 0 Å². The fraction of sp³-hybridized carbons (Fsp3) is 0.800. The number of aliphatic hydroxyl groups excluding tert-OH is 1. The predicted octanol–water partition coefficient (Wildman–Crippen LogP) is 1.64. The number of hydrogen-bond donors (Lipinski definition) is 1. The maximum absolute atomic E-state index is 9.82. The van der Waals surface area contributed by atoms with Gasteiger partial charge in [-0.1, -0.05) is 11.6 Å². The van der Waals surface area contributed by atoms with Crippen LogP contribution >= 0.6 is 0 Å². The fourth-order valence-corrected chi connectivity index (χ4v) is 2.18. The summed E-state index contributed by atoms with van der Waals surface area (Å²) in [4.78, 5) is 0. The lowest BCUT2D eigenvalue weighted by molar-refractivity contribution is 0.102. The molecule has 2 nitrogen and oxygen atoms in total. The van der Waals surface area contributed by atoms with Crippen LogP contribution in [0.15, 0.2) is 11.6 Å². The Bertz CT molecular complexity index is 218. The Balaban J connectivity index is 2.05. The minimum atomic E-state index is -0.380. The third-order valence-corrected chi connectivity index (χ3v) is 2.88. The van der Waals surface area contributed by atoms with Crippen molar-refractivity contribution in [1.29, 1.82) is 0 Å². The fourth-order valence-electron chi connectivity index (χ4n) is 2.18. The van der Waals surface area contributed by atoms with Gasteiger partial charge in [0.1, 0.15) is 11.7 Å². The zero-order chi connectivity index (χ0) is 8.77. The molecule has 1 heterocycles. The maximum Gasteiger partial charge on any atom is 0.124 e. The number of aliphatic hydroxyl groups is 1. The first-order chi connectivity index (χ1) is 5.65. The largest absolute Gasteiger partial charge is 0.386 e. The van der Waals surface area contributed by atoms with Gasteiger partial charge in [0.25, 0.3) is 0 Å². The Morgan fingerprint density at radius 1 is 1.67 bits per heavy atom. The van der Waals surface area contributed by atoms with E-state index in [4.69, 9.17) is 4.74 Å². The summed E-state index contributed by atoms with van der Waals surface area (Å²) < 4.78 is 5.51. The maximum atomic E-state index is 9.82. The van der Waals surface area contributed by atoms with Crippen molar-refractivity contribution in [2.24, 2.45) is 0 Å². The number of hydrogen-bond acceptors (Lipinski definition) is 2. The van der Waals surface area contributed by atoms with E-state index in [2.05, 4.69) is 0 Å². The van der Waals surface area contributed by atoms with Gasteiger partial charge in [0, 0.05) is 0 Å². The van der Waals surface area contributed by atoms with Crippen LogP contribution in [0.5, 0.6) is 0 Å².